The lowest BCUT2D eigenvalue weighted by molar-refractivity contribution is -0.118. The average Bonchev–Trinajstić information content (AvgIpc) is 2.56. The zero-order valence-electron chi connectivity index (χ0n) is 13.3. The lowest BCUT2D eigenvalue weighted by Gasteiger charge is -2.12. The third-order valence-electron chi connectivity index (χ3n) is 3.32. The predicted molar refractivity (Wildman–Crippen MR) is 87.7 cm³/mol. The number of anilines is 1. The summed E-state index contributed by atoms with van der Waals surface area (Å²) in [6, 6.07) is 12.7. The molecule has 23 heavy (non-hydrogen) atoms. The Labute approximate surface area is 135 Å². The van der Waals surface area contributed by atoms with Gasteiger partial charge in [0.15, 0.2) is 18.1 Å². The minimum absolute atomic E-state index is 0.143. The molecule has 0 radical (unpaired) electrons. The van der Waals surface area contributed by atoms with E-state index in [9.17, 15) is 4.79 Å². The lowest BCUT2D eigenvalue weighted by Crippen LogP contribution is -2.20. The molecule has 5 nitrogen and oxygen atoms in total. The van der Waals surface area contributed by atoms with Crippen molar-refractivity contribution in [2.75, 3.05) is 19.0 Å². The maximum absolute atomic E-state index is 12.0. The van der Waals surface area contributed by atoms with Crippen LogP contribution >= 0.6 is 0 Å². The maximum Gasteiger partial charge on any atom is 0.262 e. The van der Waals surface area contributed by atoms with Crippen LogP contribution in [0.2, 0.25) is 0 Å². The summed E-state index contributed by atoms with van der Waals surface area (Å²) in [7, 11) is 1.49. The van der Waals surface area contributed by atoms with Crippen LogP contribution in [0.25, 0.3) is 0 Å². The van der Waals surface area contributed by atoms with Crippen molar-refractivity contribution in [1.82, 2.24) is 0 Å². The molecule has 0 aliphatic carbocycles. The molecule has 0 heterocycles. The highest BCUT2D eigenvalue weighted by Gasteiger charge is 2.10. The maximum atomic E-state index is 12.0. The number of carbonyl (C=O) groups is 1. The van der Waals surface area contributed by atoms with Crippen LogP contribution in [-0.2, 0) is 4.79 Å². The van der Waals surface area contributed by atoms with Crippen molar-refractivity contribution in [3.05, 3.63) is 53.1 Å². The minimum Gasteiger partial charge on any atom is -0.493 e. The molecule has 118 valence electrons. The van der Waals surface area contributed by atoms with Crippen LogP contribution in [0.5, 0.6) is 11.5 Å². The second kappa shape index (κ2) is 7.32. The Morgan fingerprint density at radius 3 is 2.65 bits per heavy atom. The number of carbonyl (C=O) groups excluding carboxylic acids is 1. The molecule has 0 atom stereocenters. The summed E-state index contributed by atoms with van der Waals surface area (Å²) in [5, 5.41) is 11.7. The Bertz CT molecular complexity index is 763. The summed E-state index contributed by atoms with van der Waals surface area (Å²) >= 11 is 0. The van der Waals surface area contributed by atoms with Gasteiger partial charge in [-0.25, -0.2) is 0 Å². The molecule has 0 unspecified atom stereocenters. The zero-order chi connectivity index (χ0) is 16.8. The molecule has 0 saturated carbocycles. The Balaban J connectivity index is 2.02. The van der Waals surface area contributed by atoms with Gasteiger partial charge in [0, 0.05) is 11.8 Å². The number of nitrogens with one attached hydrogen (secondary N) is 1. The summed E-state index contributed by atoms with van der Waals surface area (Å²) < 4.78 is 10.7. The predicted octanol–water partition coefficient (Wildman–Crippen LogP) is 3.20. The van der Waals surface area contributed by atoms with Crippen LogP contribution in [0.3, 0.4) is 0 Å². The molecule has 1 amide bonds. The summed E-state index contributed by atoms with van der Waals surface area (Å²) in [5.74, 6) is 0.580. The number of nitrogens with zero attached hydrogens (tertiary/aromatic N) is 1. The molecule has 2 aromatic rings. The number of nitriles is 1. The van der Waals surface area contributed by atoms with Crippen LogP contribution in [0.4, 0.5) is 5.69 Å². The van der Waals surface area contributed by atoms with Gasteiger partial charge >= 0.3 is 0 Å². The summed E-state index contributed by atoms with van der Waals surface area (Å²) in [5.41, 5.74) is 3.29. The Hall–Kier alpha value is -3.00. The highest BCUT2D eigenvalue weighted by molar-refractivity contribution is 5.92. The second-order valence-corrected chi connectivity index (χ2v) is 5.13. The molecular weight excluding hydrogens is 292 g/mol. The van der Waals surface area contributed by atoms with E-state index in [1.165, 1.54) is 7.11 Å². The van der Waals surface area contributed by atoms with Gasteiger partial charge in [0.2, 0.25) is 0 Å². The van der Waals surface area contributed by atoms with E-state index < -0.39 is 0 Å². The van der Waals surface area contributed by atoms with Crippen molar-refractivity contribution < 1.29 is 14.3 Å². The molecule has 1 N–H and O–H groups in total. The van der Waals surface area contributed by atoms with Gasteiger partial charge in [0.25, 0.3) is 5.91 Å². The molecule has 0 saturated heterocycles. The largest absolute Gasteiger partial charge is 0.493 e. The average molecular weight is 310 g/mol. The van der Waals surface area contributed by atoms with Gasteiger partial charge in [-0.3, -0.25) is 4.79 Å². The normalized spacial score (nSPS) is 9.83. The first-order chi connectivity index (χ1) is 11.0. The number of amides is 1. The smallest absolute Gasteiger partial charge is 0.262 e. The quantitative estimate of drug-likeness (QED) is 0.920. The zero-order valence-corrected chi connectivity index (χ0v) is 13.3. The molecular formula is C18H18N2O3. The standard InChI is InChI=1S/C18H18N2O3/c1-12-4-5-13(2)15(8-12)20-18(21)11-23-16-7-6-14(10-19)9-17(16)22-3/h4-9H,11H2,1-3H3,(H,20,21). The van der Waals surface area contributed by atoms with Crippen LogP contribution in [0.1, 0.15) is 16.7 Å². The fraction of sp³-hybridized carbons (Fsp3) is 0.222. The number of hydrogen-bond acceptors (Lipinski definition) is 4. The molecule has 0 aliphatic heterocycles. The van der Waals surface area contributed by atoms with Gasteiger partial charge < -0.3 is 14.8 Å². The van der Waals surface area contributed by atoms with E-state index in [4.69, 9.17) is 14.7 Å². The number of methoxy groups -OCH3 is 1. The van der Waals surface area contributed by atoms with E-state index in [0.717, 1.165) is 16.8 Å². The SMILES string of the molecule is COc1cc(C#N)ccc1OCC(=O)Nc1cc(C)ccc1C. The van der Waals surface area contributed by atoms with E-state index >= 15 is 0 Å². The first-order valence-electron chi connectivity index (χ1n) is 7.11. The molecule has 5 heteroatoms. The fourth-order valence-electron chi connectivity index (χ4n) is 2.06. The van der Waals surface area contributed by atoms with E-state index in [1.807, 2.05) is 38.1 Å². The summed E-state index contributed by atoms with van der Waals surface area (Å²) in [6.07, 6.45) is 0. The summed E-state index contributed by atoms with van der Waals surface area (Å²) in [6.45, 7) is 3.75. The van der Waals surface area contributed by atoms with Crippen molar-refractivity contribution >= 4 is 11.6 Å². The number of aryl methyl sites for hydroxylation is 2. The third kappa shape index (κ3) is 4.24. The van der Waals surface area contributed by atoms with Gasteiger partial charge in [-0.2, -0.15) is 5.26 Å². The van der Waals surface area contributed by atoms with E-state index in [-0.39, 0.29) is 12.5 Å². The number of benzene rings is 2. The molecule has 0 aliphatic rings. The third-order valence-corrected chi connectivity index (χ3v) is 3.32. The van der Waals surface area contributed by atoms with E-state index in [0.29, 0.717) is 17.1 Å². The van der Waals surface area contributed by atoms with Gasteiger partial charge in [-0.1, -0.05) is 12.1 Å². The molecule has 0 aromatic heterocycles. The monoisotopic (exact) mass is 310 g/mol. The van der Waals surface area contributed by atoms with Gasteiger partial charge in [0.05, 0.1) is 18.7 Å². The van der Waals surface area contributed by atoms with Crippen LogP contribution < -0.4 is 14.8 Å². The van der Waals surface area contributed by atoms with Crippen molar-refractivity contribution in [3.8, 4) is 17.6 Å². The Morgan fingerprint density at radius 1 is 1.17 bits per heavy atom. The highest BCUT2D eigenvalue weighted by atomic mass is 16.5. The van der Waals surface area contributed by atoms with Gasteiger partial charge in [0.1, 0.15) is 0 Å². The topological polar surface area (TPSA) is 71.3 Å². The van der Waals surface area contributed by atoms with Crippen molar-refractivity contribution in [2.45, 2.75) is 13.8 Å². The Morgan fingerprint density at radius 2 is 1.96 bits per heavy atom. The first-order valence-corrected chi connectivity index (χ1v) is 7.11. The fourth-order valence-corrected chi connectivity index (χ4v) is 2.06. The van der Waals surface area contributed by atoms with Gasteiger partial charge in [-0.15, -0.1) is 0 Å². The number of hydrogen-bond donors (Lipinski definition) is 1. The molecule has 2 rings (SSSR count). The van der Waals surface area contributed by atoms with Crippen molar-refractivity contribution in [1.29, 1.82) is 5.26 Å². The van der Waals surface area contributed by atoms with E-state index in [2.05, 4.69) is 5.32 Å². The molecule has 2 aromatic carbocycles. The van der Waals surface area contributed by atoms with Crippen molar-refractivity contribution in [2.24, 2.45) is 0 Å². The minimum atomic E-state index is -0.259. The van der Waals surface area contributed by atoms with Crippen molar-refractivity contribution in [3.63, 3.8) is 0 Å². The summed E-state index contributed by atoms with van der Waals surface area (Å²) in [4.78, 5) is 12.0. The number of rotatable bonds is 5. The van der Waals surface area contributed by atoms with Crippen LogP contribution in [-0.4, -0.2) is 19.6 Å². The van der Waals surface area contributed by atoms with Gasteiger partial charge in [-0.05, 0) is 43.2 Å². The molecule has 0 bridgehead atoms. The van der Waals surface area contributed by atoms with Crippen LogP contribution in [0, 0.1) is 25.2 Å². The van der Waals surface area contributed by atoms with E-state index in [1.54, 1.807) is 18.2 Å². The molecule has 0 fully saturated rings. The lowest BCUT2D eigenvalue weighted by atomic mass is 10.1. The second-order valence-electron chi connectivity index (χ2n) is 5.13. The molecule has 0 spiro atoms. The van der Waals surface area contributed by atoms with Crippen LogP contribution in [0.15, 0.2) is 36.4 Å². The Kier molecular flexibility index (Phi) is 5.21. The highest BCUT2D eigenvalue weighted by Crippen LogP contribution is 2.27. The number of ether oxygens (including phenoxy) is 2. The first kappa shape index (κ1) is 16.4.